The average molecular weight is 289 g/mol. The van der Waals surface area contributed by atoms with Gasteiger partial charge in [0.05, 0.1) is 5.92 Å². The predicted molar refractivity (Wildman–Crippen MR) is 77.8 cm³/mol. The molecule has 0 spiro atoms. The molecule has 21 heavy (non-hydrogen) atoms. The quantitative estimate of drug-likeness (QED) is 0.787. The van der Waals surface area contributed by atoms with Gasteiger partial charge in [0.25, 0.3) is 0 Å². The number of carbonyl (C=O) groups is 1. The Kier molecular flexibility index (Phi) is 4.43. The molecule has 6 heteroatoms. The molecule has 112 valence electrons. The monoisotopic (exact) mass is 289 g/mol. The second-order valence-electron chi connectivity index (χ2n) is 5.67. The molecule has 0 atom stereocenters. The second-order valence-corrected chi connectivity index (χ2v) is 5.67. The van der Waals surface area contributed by atoms with E-state index in [0.717, 1.165) is 5.82 Å². The van der Waals surface area contributed by atoms with E-state index in [1.165, 1.54) is 6.33 Å². The molecule has 1 aromatic heterocycles. The Bertz CT molecular complexity index is 576. The molecule has 2 N–H and O–H groups in total. The van der Waals surface area contributed by atoms with Crippen LogP contribution in [0, 0.1) is 17.8 Å². The summed E-state index contributed by atoms with van der Waals surface area (Å²) in [5.41, 5.74) is -0.521. The lowest BCUT2D eigenvalue weighted by atomic mass is 9.97. The smallest absolute Gasteiger partial charge is 0.306 e. The summed E-state index contributed by atoms with van der Waals surface area (Å²) < 4.78 is 0. The van der Waals surface area contributed by atoms with Crippen LogP contribution in [0.25, 0.3) is 0 Å². The van der Waals surface area contributed by atoms with E-state index in [4.69, 9.17) is 5.11 Å². The summed E-state index contributed by atoms with van der Waals surface area (Å²) in [4.78, 5) is 21.3. The van der Waals surface area contributed by atoms with E-state index in [0.29, 0.717) is 31.6 Å². The van der Waals surface area contributed by atoms with Gasteiger partial charge in [-0.3, -0.25) is 4.79 Å². The molecule has 0 radical (unpaired) electrons. The lowest BCUT2D eigenvalue weighted by molar-refractivity contribution is -0.142. The molecular formula is C15H19N3O3. The topological polar surface area (TPSA) is 86.5 Å². The van der Waals surface area contributed by atoms with E-state index in [-0.39, 0.29) is 5.92 Å². The summed E-state index contributed by atoms with van der Waals surface area (Å²) in [6.07, 6.45) is 2.67. The Hall–Kier alpha value is -2.13. The second kappa shape index (κ2) is 6.10. The third kappa shape index (κ3) is 4.43. The number of hydrogen-bond acceptors (Lipinski definition) is 5. The number of aliphatic carboxylic acids is 1. The molecule has 1 saturated heterocycles. The number of rotatable bonds is 2. The van der Waals surface area contributed by atoms with Crippen molar-refractivity contribution in [3.05, 3.63) is 18.1 Å². The van der Waals surface area contributed by atoms with Crippen LogP contribution in [0.2, 0.25) is 0 Å². The van der Waals surface area contributed by atoms with Gasteiger partial charge in [-0.1, -0.05) is 5.92 Å². The zero-order chi connectivity index (χ0) is 15.5. The highest BCUT2D eigenvalue weighted by atomic mass is 16.4. The zero-order valence-corrected chi connectivity index (χ0v) is 12.2. The molecule has 0 aliphatic carbocycles. The highest BCUT2D eigenvalue weighted by Gasteiger charge is 2.25. The minimum atomic E-state index is -1.06. The minimum Gasteiger partial charge on any atom is -0.481 e. The molecule has 0 bridgehead atoms. The van der Waals surface area contributed by atoms with Crippen LogP contribution in [-0.2, 0) is 4.79 Å². The van der Waals surface area contributed by atoms with Gasteiger partial charge in [-0.15, -0.1) is 0 Å². The van der Waals surface area contributed by atoms with Crippen LogP contribution in [-0.4, -0.2) is 44.8 Å². The molecule has 1 aliphatic heterocycles. The lowest BCUT2D eigenvalue weighted by Crippen LogP contribution is -2.36. The van der Waals surface area contributed by atoms with Crippen LogP contribution in [0.4, 0.5) is 5.82 Å². The average Bonchev–Trinajstić information content (AvgIpc) is 2.45. The highest BCUT2D eigenvalue weighted by Crippen LogP contribution is 2.21. The molecule has 0 aromatic carbocycles. The first-order valence-electron chi connectivity index (χ1n) is 6.90. The largest absolute Gasteiger partial charge is 0.481 e. The summed E-state index contributed by atoms with van der Waals surface area (Å²) >= 11 is 0. The highest BCUT2D eigenvalue weighted by molar-refractivity contribution is 5.70. The number of carboxylic acids is 1. The molecule has 2 heterocycles. The third-order valence-corrected chi connectivity index (χ3v) is 3.32. The van der Waals surface area contributed by atoms with Crippen LogP contribution >= 0.6 is 0 Å². The number of nitrogens with zero attached hydrogens (tertiary/aromatic N) is 3. The van der Waals surface area contributed by atoms with Gasteiger partial charge in [-0.05, 0) is 32.6 Å². The molecule has 0 saturated carbocycles. The maximum Gasteiger partial charge on any atom is 0.306 e. The van der Waals surface area contributed by atoms with E-state index in [1.54, 1.807) is 19.9 Å². The number of carboxylic acid groups (broad SMARTS) is 1. The lowest BCUT2D eigenvalue weighted by Gasteiger charge is -2.30. The van der Waals surface area contributed by atoms with Crippen molar-refractivity contribution in [1.82, 2.24) is 9.97 Å². The van der Waals surface area contributed by atoms with Crippen molar-refractivity contribution in [3.8, 4) is 11.8 Å². The van der Waals surface area contributed by atoms with Crippen molar-refractivity contribution < 1.29 is 15.0 Å². The molecule has 2 rings (SSSR count). The van der Waals surface area contributed by atoms with E-state index < -0.39 is 11.6 Å². The van der Waals surface area contributed by atoms with Gasteiger partial charge in [0, 0.05) is 19.2 Å². The number of piperidine rings is 1. The van der Waals surface area contributed by atoms with Crippen LogP contribution in [0.5, 0.6) is 0 Å². The molecule has 0 amide bonds. The van der Waals surface area contributed by atoms with Crippen LogP contribution in [0.15, 0.2) is 12.4 Å². The number of anilines is 1. The fraction of sp³-hybridized carbons (Fsp3) is 0.533. The van der Waals surface area contributed by atoms with Crippen molar-refractivity contribution in [1.29, 1.82) is 0 Å². The molecule has 1 aliphatic rings. The van der Waals surface area contributed by atoms with Gasteiger partial charge >= 0.3 is 5.97 Å². The van der Waals surface area contributed by atoms with Crippen molar-refractivity contribution in [2.24, 2.45) is 5.92 Å². The number of hydrogen-bond donors (Lipinski definition) is 2. The van der Waals surface area contributed by atoms with Gasteiger partial charge in [-0.25, -0.2) is 9.97 Å². The Labute approximate surface area is 123 Å². The van der Waals surface area contributed by atoms with Gasteiger partial charge in [0.15, 0.2) is 0 Å². The normalized spacial score (nSPS) is 16.2. The third-order valence-electron chi connectivity index (χ3n) is 3.32. The van der Waals surface area contributed by atoms with Crippen LogP contribution in [0.1, 0.15) is 32.4 Å². The maximum absolute atomic E-state index is 10.9. The minimum absolute atomic E-state index is 0.266. The van der Waals surface area contributed by atoms with Crippen LogP contribution in [0.3, 0.4) is 0 Å². The summed E-state index contributed by atoms with van der Waals surface area (Å²) in [5.74, 6) is 5.28. The molecule has 6 nitrogen and oxygen atoms in total. The first-order chi connectivity index (χ1) is 9.85. The Morgan fingerprint density at radius 2 is 2.05 bits per heavy atom. The van der Waals surface area contributed by atoms with E-state index >= 15 is 0 Å². The summed E-state index contributed by atoms with van der Waals surface area (Å²) in [6, 6.07) is 1.76. The van der Waals surface area contributed by atoms with Crippen molar-refractivity contribution in [3.63, 3.8) is 0 Å². The van der Waals surface area contributed by atoms with Gasteiger partial charge in [0.1, 0.15) is 23.4 Å². The summed E-state index contributed by atoms with van der Waals surface area (Å²) in [5, 5.41) is 18.6. The Balaban J connectivity index is 2.08. The summed E-state index contributed by atoms with van der Waals surface area (Å²) in [6.45, 7) is 4.54. The zero-order valence-electron chi connectivity index (χ0n) is 12.2. The first-order valence-corrected chi connectivity index (χ1v) is 6.90. The van der Waals surface area contributed by atoms with Gasteiger partial charge in [0.2, 0.25) is 0 Å². The van der Waals surface area contributed by atoms with Crippen molar-refractivity contribution in [2.45, 2.75) is 32.3 Å². The summed E-state index contributed by atoms with van der Waals surface area (Å²) in [7, 11) is 0. The van der Waals surface area contributed by atoms with Gasteiger partial charge in [-0.2, -0.15) is 0 Å². The Morgan fingerprint density at radius 1 is 1.38 bits per heavy atom. The fourth-order valence-corrected chi connectivity index (χ4v) is 2.16. The number of aromatic nitrogens is 2. The van der Waals surface area contributed by atoms with Crippen LogP contribution < -0.4 is 4.90 Å². The van der Waals surface area contributed by atoms with Gasteiger partial charge < -0.3 is 15.1 Å². The van der Waals surface area contributed by atoms with E-state index in [9.17, 15) is 9.90 Å². The fourth-order valence-electron chi connectivity index (χ4n) is 2.16. The molecular weight excluding hydrogens is 270 g/mol. The van der Waals surface area contributed by atoms with Crippen molar-refractivity contribution in [2.75, 3.05) is 18.0 Å². The molecule has 1 fully saturated rings. The number of aliphatic hydroxyl groups is 1. The van der Waals surface area contributed by atoms with Crippen molar-refractivity contribution >= 4 is 11.8 Å². The van der Waals surface area contributed by atoms with E-state index in [1.807, 2.05) is 4.90 Å². The maximum atomic E-state index is 10.9. The van der Waals surface area contributed by atoms with E-state index in [2.05, 4.69) is 21.8 Å². The standard InChI is InChI=1S/C15H19N3O3/c1-15(2,21)6-3-12-9-13(17-10-16-12)18-7-4-11(5-8-18)14(19)20/h9-11,21H,4-5,7-8H2,1-2H3,(H,19,20). The SMILES string of the molecule is CC(C)(O)C#Cc1cc(N2CCC(C(=O)O)CC2)ncn1. The molecule has 0 unspecified atom stereocenters. The predicted octanol–water partition coefficient (Wildman–Crippen LogP) is 0.900. The Morgan fingerprint density at radius 3 is 2.62 bits per heavy atom. The first kappa shape index (κ1) is 15.3. The molecule has 1 aromatic rings.